The highest BCUT2D eigenvalue weighted by Crippen LogP contribution is 2.25. The molecule has 32 heavy (non-hydrogen) atoms. The summed E-state index contributed by atoms with van der Waals surface area (Å²) in [5.41, 5.74) is 4.15. The predicted molar refractivity (Wildman–Crippen MR) is 125 cm³/mol. The van der Waals surface area contributed by atoms with Crippen molar-refractivity contribution in [1.29, 1.82) is 0 Å². The second-order valence-electron chi connectivity index (χ2n) is 8.11. The van der Waals surface area contributed by atoms with Crippen LogP contribution in [0.15, 0.2) is 59.1 Å². The van der Waals surface area contributed by atoms with Crippen LogP contribution in [0.3, 0.4) is 0 Å². The van der Waals surface area contributed by atoms with Crippen LogP contribution in [0, 0.1) is 6.92 Å². The van der Waals surface area contributed by atoms with Crippen molar-refractivity contribution in [1.82, 2.24) is 19.4 Å². The Labute approximate surface area is 187 Å². The molecule has 0 N–H and O–H groups in total. The van der Waals surface area contributed by atoms with E-state index in [-0.39, 0.29) is 5.91 Å². The van der Waals surface area contributed by atoms with E-state index in [1.54, 1.807) is 6.20 Å². The van der Waals surface area contributed by atoms with E-state index in [2.05, 4.69) is 50.6 Å². The Balaban J connectivity index is 1.23. The lowest BCUT2D eigenvalue weighted by Gasteiger charge is -2.36. The van der Waals surface area contributed by atoms with Gasteiger partial charge in [-0.05, 0) is 36.4 Å². The maximum absolute atomic E-state index is 13.1. The van der Waals surface area contributed by atoms with E-state index in [1.165, 1.54) is 0 Å². The molecule has 0 unspecified atom stereocenters. The molecule has 4 aromatic rings. The molecule has 5 rings (SSSR count). The molecule has 0 radical (unpaired) electrons. The van der Waals surface area contributed by atoms with Crippen molar-refractivity contribution in [3.8, 4) is 11.3 Å². The summed E-state index contributed by atoms with van der Waals surface area (Å²) in [6, 6.07) is 16.4. The first-order valence-electron chi connectivity index (χ1n) is 11.1. The first-order chi connectivity index (χ1) is 15.6. The fourth-order valence-corrected chi connectivity index (χ4v) is 4.35. The van der Waals surface area contributed by atoms with E-state index in [4.69, 9.17) is 4.42 Å². The Kier molecular flexibility index (Phi) is 5.39. The zero-order chi connectivity index (χ0) is 22.1. The molecule has 0 bridgehead atoms. The number of anilines is 1. The van der Waals surface area contributed by atoms with Crippen molar-refractivity contribution in [2.45, 2.75) is 26.8 Å². The van der Waals surface area contributed by atoms with Gasteiger partial charge in [-0.1, -0.05) is 19.1 Å². The zero-order valence-electron chi connectivity index (χ0n) is 18.5. The average Bonchev–Trinajstić information content (AvgIpc) is 3.43. The number of para-hydroxylation sites is 2. The van der Waals surface area contributed by atoms with Crippen LogP contribution in [0.1, 0.15) is 18.6 Å². The summed E-state index contributed by atoms with van der Waals surface area (Å²) >= 11 is 0. The Morgan fingerprint density at radius 2 is 1.78 bits per heavy atom. The summed E-state index contributed by atoms with van der Waals surface area (Å²) < 4.78 is 7.67. The minimum Gasteiger partial charge on any atom is -0.441 e. The van der Waals surface area contributed by atoms with Crippen LogP contribution < -0.4 is 4.90 Å². The number of nitrogens with zero attached hydrogens (tertiary/aromatic N) is 5. The van der Waals surface area contributed by atoms with Crippen molar-refractivity contribution in [2.75, 3.05) is 31.1 Å². The molecule has 7 heteroatoms. The first-order valence-corrected chi connectivity index (χ1v) is 11.1. The van der Waals surface area contributed by atoms with Crippen molar-refractivity contribution in [3.05, 3.63) is 66.4 Å². The molecule has 1 amide bonds. The number of benzene rings is 2. The Bertz CT molecular complexity index is 1230. The zero-order valence-corrected chi connectivity index (χ0v) is 18.5. The third kappa shape index (κ3) is 3.86. The first kappa shape index (κ1) is 20.3. The van der Waals surface area contributed by atoms with E-state index in [0.29, 0.717) is 12.4 Å². The number of carbonyl (C=O) groups excluding carboxylic acids is 1. The predicted octanol–water partition coefficient (Wildman–Crippen LogP) is 3.91. The fourth-order valence-electron chi connectivity index (χ4n) is 4.35. The number of fused-ring (bicyclic) bond motifs is 1. The highest BCUT2D eigenvalue weighted by atomic mass is 16.4. The Hall–Kier alpha value is -3.61. The van der Waals surface area contributed by atoms with Gasteiger partial charge in [0.1, 0.15) is 12.4 Å². The summed E-state index contributed by atoms with van der Waals surface area (Å²) in [4.78, 5) is 26.2. The van der Waals surface area contributed by atoms with Gasteiger partial charge in [0.15, 0.2) is 11.7 Å². The van der Waals surface area contributed by atoms with Crippen molar-refractivity contribution < 1.29 is 9.21 Å². The van der Waals surface area contributed by atoms with Crippen LogP contribution >= 0.6 is 0 Å². The minimum atomic E-state index is 0.151. The number of amides is 1. The number of piperazine rings is 1. The van der Waals surface area contributed by atoms with Crippen LogP contribution in [-0.2, 0) is 17.8 Å². The van der Waals surface area contributed by atoms with Crippen LogP contribution in [0.2, 0.25) is 0 Å². The second kappa shape index (κ2) is 8.49. The molecule has 164 valence electrons. The van der Waals surface area contributed by atoms with Crippen LogP contribution in [0.25, 0.3) is 22.4 Å². The molecule has 7 nitrogen and oxygen atoms in total. The van der Waals surface area contributed by atoms with E-state index >= 15 is 0 Å². The standard InChI is InChI=1S/C25H27N5O2/c1-3-24-27-21-6-4-5-7-22(21)30(24)17-25(31)29-14-12-28(13-15-29)20-10-8-19(9-11-20)23-16-26-18(2)32-23/h4-11,16H,3,12-15,17H2,1-2H3. The molecule has 1 aliphatic rings. The van der Waals surface area contributed by atoms with Gasteiger partial charge in [0.05, 0.1) is 17.2 Å². The monoisotopic (exact) mass is 429 g/mol. The van der Waals surface area contributed by atoms with Gasteiger partial charge in [-0.3, -0.25) is 4.79 Å². The van der Waals surface area contributed by atoms with Gasteiger partial charge >= 0.3 is 0 Å². The quantitative estimate of drug-likeness (QED) is 0.481. The number of rotatable bonds is 5. The molecule has 2 aromatic heterocycles. The van der Waals surface area contributed by atoms with Gasteiger partial charge < -0.3 is 18.8 Å². The van der Waals surface area contributed by atoms with Gasteiger partial charge in [-0.15, -0.1) is 0 Å². The number of aromatic nitrogens is 3. The van der Waals surface area contributed by atoms with E-state index in [0.717, 1.165) is 66.5 Å². The van der Waals surface area contributed by atoms with Crippen molar-refractivity contribution >= 4 is 22.6 Å². The van der Waals surface area contributed by atoms with Crippen LogP contribution in [0.4, 0.5) is 5.69 Å². The Morgan fingerprint density at radius 1 is 1.03 bits per heavy atom. The number of hydrogen-bond donors (Lipinski definition) is 0. The van der Waals surface area contributed by atoms with E-state index in [1.807, 2.05) is 36.1 Å². The number of imidazole rings is 1. The SMILES string of the molecule is CCc1nc2ccccc2n1CC(=O)N1CCN(c2ccc(-c3cnc(C)o3)cc2)CC1. The molecule has 3 heterocycles. The third-order valence-corrected chi connectivity index (χ3v) is 6.11. The van der Waals surface area contributed by atoms with Gasteiger partial charge in [0.25, 0.3) is 0 Å². The molecule has 0 aliphatic carbocycles. The summed E-state index contributed by atoms with van der Waals surface area (Å²) in [5, 5.41) is 0. The summed E-state index contributed by atoms with van der Waals surface area (Å²) in [5.74, 6) is 2.56. The summed E-state index contributed by atoms with van der Waals surface area (Å²) in [7, 11) is 0. The maximum atomic E-state index is 13.1. The smallest absolute Gasteiger partial charge is 0.242 e. The molecule has 1 saturated heterocycles. The van der Waals surface area contributed by atoms with Gasteiger partial charge in [0.2, 0.25) is 5.91 Å². The minimum absolute atomic E-state index is 0.151. The third-order valence-electron chi connectivity index (χ3n) is 6.11. The molecule has 2 aromatic carbocycles. The number of oxazole rings is 1. The van der Waals surface area contributed by atoms with Gasteiger partial charge in [-0.25, -0.2) is 9.97 Å². The Morgan fingerprint density at radius 3 is 2.47 bits per heavy atom. The molecular weight excluding hydrogens is 402 g/mol. The number of aryl methyl sites for hydroxylation is 2. The second-order valence-corrected chi connectivity index (χ2v) is 8.11. The normalized spacial score (nSPS) is 14.3. The molecule has 0 spiro atoms. The lowest BCUT2D eigenvalue weighted by molar-refractivity contribution is -0.132. The largest absolute Gasteiger partial charge is 0.441 e. The molecule has 0 saturated carbocycles. The molecule has 1 fully saturated rings. The van der Waals surface area contributed by atoms with Gasteiger partial charge in [-0.2, -0.15) is 0 Å². The molecule has 1 aliphatic heterocycles. The summed E-state index contributed by atoms with van der Waals surface area (Å²) in [6.07, 6.45) is 2.56. The summed E-state index contributed by atoms with van der Waals surface area (Å²) in [6.45, 7) is 7.34. The molecule has 0 atom stereocenters. The van der Waals surface area contributed by atoms with Crippen molar-refractivity contribution in [2.24, 2.45) is 0 Å². The van der Waals surface area contributed by atoms with Gasteiger partial charge in [0, 0.05) is 50.8 Å². The van der Waals surface area contributed by atoms with Crippen LogP contribution in [-0.4, -0.2) is 51.5 Å². The highest BCUT2D eigenvalue weighted by Gasteiger charge is 2.23. The topological polar surface area (TPSA) is 67.4 Å². The lowest BCUT2D eigenvalue weighted by atomic mass is 10.1. The number of carbonyl (C=O) groups is 1. The van der Waals surface area contributed by atoms with E-state index < -0.39 is 0 Å². The average molecular weight is 430 g/mol. The lowest BCUT2D eigenvalue weighted by Crippen LogP contribution is -2.49. The molecular formula is C25H27N5O2. The number of hydrogen-bond acceptors (Lipinski definition) is 5. The van der Waals surface area contributed by atoms with Crippen molar-refractivity contribution in [3.63, 3.8) is 0 Å². The van der Waals surface area contributed by atoms with E-state index in [9.17, 15) is 4.79 Å². The maximum Gasteiger partial charge on any atom is 0.242 e. The fraction of sp³-hybridized carbons (Fsp3) is 0.320. The highest BCUT2D eigenvalue weighted by molar-refractivity contribution is 5.81. The van der Waals surface area contributed by atoms with Crippen LogP contribution in [0.5, 0.6) is 0 Å².